The van der Waals surface area contributed by atoms with E-state index in [0.29, 0.717) is 0 Å². The summed E-state index contributed by atoms with van der Waals surface area (Å²) in [6, 6.07) is 0. The van der Waals surface area contributed by atoms with E-state index in [9.17, 15) is 0 Å². The van der Waals surface area contributed by atoms with Gasteiger partial charge in [0.15, 0.2) is 0 Å². The van der Waals surface area contributed by atoms with E-state index in [2.05, 4.69) is 13.2 Å². The van der Waals surface area contributed by atoms with E-state index in [4.69, 9.17) is 0 Å². The van der Waals surface area contributed by atoms with Crippen molar-refractivity contribution < 1.29 is 26.2 Å². The fourth-order valence-electron chi connectivity index (χ4n) is 0. The van der Waals surface area contributed by atoms with E-state index in [1.54, 1.807) is 12.2 Å². The molecule has 0 heterocycles. The molecule has 0 atom stereocenters. The molecule has 0 fully saturated rings. The molecule has 0 unspecified atom stereocenters. The Morgan fingerprint density at radius 3 is 1.20 bits per heavy atom. The van der Waals surface area contributed by atoms with Crippen LogP contribution in [0.3, 0.4) is 0 Å². The summed E-state index contributed by atoms with van der Waals surface area (Å²) < 4.78 is 0. The van der Waals surface area contributed by atoms with Crippen LogP contribution in [-0.2, 0) is 26.2 Å². The van der Waals surface area contributed by atoms with Crippen molar-refractivity contribution in [1.82, 2.24) is 0 Å². The molecule has 0 aliphatic carbocycles. The van der Waals surface area contributed by atoms with Crippen LogP contribution in [0.2, 0.25) is 0 Å². The Balaban J connectivity index is 0. The zero-order chi connectivity index (χ0) is 3.41. The van der Waals surface area contributed by atoms with E-state index in [1.165, 1.54) is 0 Å². The predicted molar refractivity (Wildman–Crippen MR) is 20.4 cm³/mol. The van der Waals surface area contributed by atoms with Gasteiger partial charge in [0, 0.05) is 26.2 Å². The number of hydrogen-bond donors (Lipinski definition) is 0. The number of allylic oxidation sites excluding steroid dienone is 2. The van der Waals surface area contributed by atoms with Gasteiger partial charge in [0.2, 0.25) is 0 Å². The molecule has 0 aliphatic heterocycles. The summed E-state index contributed by atoms with van der Waals surface area (Å²) in [5, 5.41) is 0. The molecule has 26 valence electrons. The van der Waals surface area contributed by atoms with Crippen LogP contribution in [0.4, 0.5) is 0 Å². The van der Waals surface area contributed by atoms with E-state index >= 15 is 0 Å². The van der Waals surface area contributed by atoms with Gasteiger partial charge < -0.3 is 0 Å². The van der Waals surface area contributed by atoms with Crippen LogP contribution >= 0.6 is 0 Å². The van der Waals surface area contributed by atoms with Gasteiger partial charge in [-0.05, 0) is 0 Å². The second kappa shape index (κ2) is 8.84. The molecule has 5 heavy (non-hydrogen) atoms. The summed E-state index contributed by atoms with van der Waals surface area (Å²) in [4.78, 5) is 0. The molecular weight excluding hydrogens is 139 g/mol. The quantitative estimate of drug-likeness (QED) is 0.489. The van der Waals surface area contributed by atoms with Gasteiger partial charge in [-0.1, -0.05) is 25.3 Å². The van der Waals surface area contributed by atoms with Crippen molar-refractivity contribution in [2.24, 2.45) is 0 Å². The summed E-state index contributed by atoms with van der Waals surface area (Å²) in [5.74, 6) is 0. The molecule has 0 rings (SSSR count). The molecule has 0 N–H and O–H groups in total. The molecule has 0 radical (unpaired) electrons. The minimum atomic E-state index is 0. The zero-order valence-electron chi connectivity index (χ0n) is 3.07. The van der Waals surface area contributed by atoms with Gasteiger partial charge >= 0.3 is 0 Å². The van der Waals surface area contributed by atoms with Gasteiger partial charge in [0.05, 0.1) is 0 Å². The molecule has 0 spiro atoms. The topological polar surface area (TPSA) is 0 Å². The fraction of sp³-hybridized carbons (Fsp3) is 0. The van der Waals surface area contributed by atoms with Crippen LogP contribution in [0.25, 0.3) is 0 Å². The first kappa shape index (κ1) is 9.03. The van der Waals surface area contributed by atoms with Crippen LogP contribution < -0.4 is 0 Å². The Kier molecular flexibility index (Phi) is 16.0. The maximum Gasteiger partial charge on any atom is 0 e. The Hall–Kier alpha value is 0.363. The zero-order valence-corrected chi connectivity index (χ0v) is 5.53. The van der Waals surface area contributed by atoms with Crippen molar-refractivity contribution in [3.05, 3.63) is 25.3 Å². The fourth-order valence-corrected chi connectivity index (χ4v) is 0. The van der Waals surface area contributed by atoms with E-state index < -0.39 is 0 Å². The third-order valence-electron chi connectivity index (χ3n) is 0.167. The summed E-state index contributed by atoms with van der Waals surface area (Å²) in [5.41, 5.74) is 0. The summed E-state index contributed by atoms with van der Waals surface area (Å²) >= 11 is 0. The average molecular weight is 145 g/mol. The summed E-state index contributed by atoms with van der Waals surface area (Å²) in [7, 11) is 0. The third kappa shape index (κ3) is 13.1. The van der Waals surface area contributed by atoms with Gasteiger partial charge in [-0.3, -0.25) is 0 Å². The van der Waals surface area contributed by atoms with E-state index in [1.807, 2.05) is 0 Å². The SMILES string of the molecule is C=CC=C.[Zr]. The standard InChI is InChI=1S/C4H6.Zr/c1-3-4-2;/h3-4H,1-2H2;. The smallest absolute Gasteiger partial charge is 0 e. The minimum Gasteiger partial charge on any atom is -0.0991 e. The van der Waals surface area contributed by atoms with Gasteiger partial charge in [-0.25, -0.2) is 0 Å². The Bertz CT molecular complexity index is 24.6. The van der Waals surface area contributed by atoms with Crippen LogP contribution in [0, 0.1) is 0 Å². The Morgan fingerprint density at radius 2 is 1.20 bits per heavy atom. The minimum absolute atomic E-state index is 0. The molecule has 1 heteroatoms. The number of hydrogen-bond acceptors (Lipinski definition) is 0. The van der Waals surface area contributed by atoms with Gasteiger partial charge in [0.1, 0.15) is 0 Å². The first-order valence-corrected chi connectivity index (χ1v) is 1.15. The average Bonchev–Trinajstić information content (AvgIpc) is 1.37. The molecule has 0 aromatic carbocycles. The molecule has 0 amide bonds. The first-order valence-electron chi connectivity index (χ1n) is 1.15. The Morgan fingerprint density at radius 1 is 1.00 bits per heavy atom. The second-order valence-corrected chi connectivity index (χ2v) is 0.471. The first-order chi connectivity index (χ1) is 1.91. The molecule has 0 aromatic rings. The molecule has 0 saturated carbocycles. The van der Waals surface area contributed by atoms with Gasteiger partial charge in [-0.15, -0.1) is 0 Å². The van der Waals surface area contributed by atoms with Crippen molar-refractivity contribution in [2.45, 2.75) is 0 Å². The normalized spacial score (nSPS) is 4.00. The molecule has 0 aromatic heterocycles. The molecular formula is C4H6Zr. The molecule has 0 saturated heterocycles. The molecule has 0 bridgehead atoms. The van der Waals surface area contributed by atoms with Crippen molar-refractivity contribution in [3.63, 3.8) is 0 Å². The largest absolute Gasteiger partial charge is 0.0991 e. The van der Waals surface area contributed by atoms with Gasteiger partial charge in [0.25, 0.3) is 0 Å². The van der Waals surface area contributed by atoms with Crippen LogP contribution in [0.1, 0.15) is 0 Å². The Labute approximate surface area is 51.7 Å². The van der Waals surface area contributed by atoms with Crippen molar-refractivity contribution in [2.75, 3.05) is 0 Å². The number of rotatable bonds is 1. The predicted octanol–water partition coefficient (Wildman–Crippen LogP) is 1.36. The van der Waals surface area contributed by atoms with Crippen LogP contribution in [-0.4, -0.2) is 0 Å². The van der Waals surface area contributed by atoms with E-state index in [-0.39, 0.29) is 26.2 Å². The van der Waals surface area contributed by atoms with E-state index in [0.717, 1.165) is 0 Å². The summed E-state index contributed by atoms with van der Waals surface area (Å²) in [6.45, 7) is 6.72. The molecule has 0 nitrogen and oxygen atoms in total. The molecule has 0 aliphatic rings. The van der Waals surface area contributed by atoms with Crippen molar-refractivity contribution >= 4 is 0 Å². The monoisotopic (exact) mass is 144 g/mol. The van der Waals surface area contributed by atoms with Crippen LogP contribution in [0.5, 0.6) is 0 Å². The second-order valence-electron chi connectivity index (χ2n) is 0.471. The maximum atomic E-state index is 3.36. The van der Waals surface area contributed by atoms with Crippen molar-refractivity contribution in [3.8, 4) is 0 Å². The maximum absolute atomic E-state index is 3.36. The van der Waals surface area contributed by atoms with Gasteiger partial charge in [-0.2, -0.15) is 0 Å². The van der Waals surface area contributed by atoms with Crippen LogP contribution in [0.15, 0.2) is 25.3 Å². The van der Waals surface area contributed by atoms with Crippen molar-refractivity contribution in [1.29, 1.82) is 0 Å². The summed E-state index contributed by atoms with van der Waals surface area (Å²) in [6.07, 6.45) is 3.28. The third-order valence-corrected chi connectivity index (χ3v) is 0.167.